The second kappa shape index (κ2) is 4.49. The second-order valence-electron chi connectivity index (χ2n) is 5.46. The van der Waals surface area contributed by atoms with E-state index in [0.717, 1.165) is 35.7 Å². The maximum atomic E-state index is 12.7. The maximum Gasteiger partial charge on any atom is 0.254 e. The van der Waals surface area contributed by atoms with E-state index in [1.807, 2.05) is 41.8 Å². The average molecular weight is 257 g/mol. The Balaban J connectivity index is 2.32. The monoisotopic (exact) mass is 257 g/mol. The molecule has 0 aliphatic heterocycles. The van der Waals surface area contributed by atoms with Crippen LogP contribution in [-0.4, -0.2) is 16.3 Å². The van der Waals surface area contributed by atoms with Crippen LogP contribution < -0.4 is 5.56 Å². The van der Waals surface area contributed by atoms with Crippen LogP contribution in [0.2, 0.25) is 0 Å². The van der Waals surface area contributed by atoms with E-state index in [9.17, 15) is 9.90 Å². The summed E-state index contributed by atoms with van der Waals surface area (Å²) in [7, 11) is 0. The van der Waals surface area contributed by atoms with Crippen molar-refractivity contribution in [2.24, 2.45) is 0 Å². The molecule has 19 heavy (non-hydrogen) atoms. The van der Waals surface area contributed by atoms with Crippen LogP contribution in [-0.2, 0) is 12.0 Å². The number of fused-ring (bicyclic) bond motifs is 1. The van der Waals surface area contributed by atoms with Crippen molar-refractivity contribution >= 4 is 10.9 Å². The van der Waals surface area contributed by atoms with Gasteiger partial charge in [0.2, 0.25) is 0 Å². The van der Waals surface area contributed by atoms with Crippen molar-refractivity contribution < 1.29 is 5.11 Å². The highest BCUT2D eigenvalue weighted by atomic mass is 16.3. The topological polar surface area (TPSA) is 42.2 Å². The Hall–Kier alpha value is -1.61. The molecule has 1 aliphatic rings. The molecule has 0 saturated heterocycles. The third-order valence-corrected chi connectivity index (χ3v) is 4.50. The van der Waals surface area contributed by atoms with Crippen molar-refractivity contribution in [1.29, 1.82) is 0 Å². The van der Waals surface area contributed by atoms with Gasteiger partial charge in [-0.25, -0.2) is 0 Å². The number of hydrogen-bond acceptors (Lipinski definition) is 2. The number of hydrogen-bond donors (Lipinski definition) is 1. The molecule has 3 heteroatoms. The first-order valence-electron chi connectivity index (χ1n) is 6.96. The molecule has 0 spiro atoms. The van der Waals surface area contributed by atoms with Gasteiger partial charge in [0.25, 0.3) is 5.56 Å². The Bertz CT molecular complexity index is 662. The van der Waals surface area contributed by atoms with Crippen LogP contribution in [0.3, 0.4) is 0 Å². The Morgan fingerprint density at radius 1 is 1.32 bits per heavy atom. The lowest BCUT2D eigenvalue weighted by atomic mass is 9.65. The number of nitrogens with zero attached hydrogens (tertiary/aromatic N) is 1. The van der Waals surface area contributed by atoms with E-state index in [2.05, 4.69) is 0 Å². The summed E-state index contributed by atoms with van der Waals surface area (Å²) in [5.74, 6) is 0. The highest BCUT2D eigenvalue weighted by molar-refractivity contribution is 5.80. The Morgan fingerprint density at radius 3 is 2.63 bits per heavy atom. The molecule has 0 unspecified atom stereocenters. The first kappa shape index (κ1) is 12.4. The van der Waals surface area contributed by atoms with Crippen molar-refractivity contribution in [1.82, 2.24) is 4.57 Å². The molecule has 1 fully saturated rings. The van der Waals surface area contributed by atoms with Crippen molar-refractivity contribution in [3.8, 4) is 0 Å². The first-order valence-corrected chi connectivity index (χ1v) is 6.96. The zero-order valence-electron chi connectivity index (χ0n) is 11.2. The average Bonchev–Trinajstić information content (AvgIpc) is 2.39. The molecule has 0 amide bonds. The van der Waals surface area contributed by atoms with E-state index < -0.39 is 0 Å². The van der Waals surface area contributed by atoms with Crippen molar-refractivity contribution in [2.45, 2.75) is 38.1 Å². The predicted molar refractivity (Wildman–Crippen MR) is 76.5 cm³/mol. The van der Waals surface area contributed by atoms with Crippen LogP contribution in [0.15, 0.2) is 35.1 Å². The summed E-state index contributed by atoms with van der Waals surface area (Å²) in [6.45, 7) is 2.73. The van der Waals surface area contributed by atoms with E-state index in [1.54, 1.807) is 0 Å². The summed E-state index contributed by atoms with van der Waals surface area (Å²) < 4.78 is 1.82. The van der Waals surface area contributed by atoms with Crippen LogP contribution >= 0.6 is 0 Å². The molecule has 3 rings (SSSR count). The van der Waals surface area contributed by atoms with Gasteiger partial charge < -0.3 is 9.67 Å². The molecule has 1 aliphatic carbocycles. The summed E-state index contributed by atoms with van der Waals surface area (Å²) in [5.41, 5.74) is 1.54. The van der Waals surface area contributed by atoms with Crippen LogP contribution in [0.4, 0.5) is 0 Å². The fourth-order valence-electron chi connectivity index (χ4n) is 3.14. The van der Waals surface area contributed by atoms with Gasteiger partial charge in [0.1, 0.15) is 0 Å². The fraction of sp³-hybridized carbons (Fsp3) is 0.438. The number of aromatic nitrogens is 1. The van der Waals surface area contributed by atoms with Crippen molar-refractivity contribution in [2.75, 3.05) is 6.61 Å². The lowest BCUT2D eigenvalue weighted by Crippen LogP contribution is -2.43. The molecule has 0 atom stereocenters. The van der Waals surface area contributed by atoms with Gasteiger partial charge in [-0.1, -0.05) is 24.6 Å². The van der Waals surface area contributed by atoms with Crippen LogP contribution in [0.1, 0.15) is 31.7 Å². The lowest BCUT2D eigenvalue weighted by Gasteiger charge is -2.40. The van der Waals surface area contributed by atoms with Crippen molar-refractivity contribution in [3.05, 3.63) is 46.2 Å². The van der Waals surface area contributed by atoms with Gasteiger partial charge in [-0.3, -0.25) is 4.79 Å². The van der Waals surface area contributed by atoms with Crippen molar-refractivity contribution in [3.63, 3.8) is 0 Å². The van der Waals surface area contributed by atoms with Gasteiger partial charge in [-0.15, -0.1) is 0 Å². The quantitative estimate of drug-likeness (QED) is 0.917. The normalized spacial score (nSPS) is 17.4. The summed E-state index contributed by atoms with van der Waals surface area (Å²) in [5, 5.41) is 10.8. The fourth-order valence-corrected chi connectivity index (χ4v) is 3.14. The van der Waals surface area contributed by atoms with E-state index in [1.165, 1.54) is 0 Å². The van der Waals surface area contributed by atoms with E-state index >= 15 is 0 Å². The van der Waals surface area contributed by atoms with Crippen LogP contribution in [0.5, 0.6) is 0 Å². The molecule has 1 heterocycles. The minimum absolute atomic E-state index is 0.0648. The molecule has 1 aromatic heterocycles. The smallest absolute Gasteiger partial charge is 0.254 e. The van der Waals surface area contributed by atoms with Gasteiger partial charge >= 0.3 is 0 Å². The number of para-hydroxylation sites is 1. The van der Waals surface area contributed by atoms with Crippen LogP contribution in [0, 0.1) is 0 Å². The number of benzene rings is 1. The largest absolute Gasteiger partial charge is 0.395 e. The molecule has 100 valence electrons. The zero-order chi connectivity index (χ0) is 13.5. The third-order valence-electron chi connectivity index (χ3n) is 4.50. The molecule has 1 saturated carbocycles. The molecule has 0 radical (unpaired) electrons. The number of rotatable bonds is 3. The second-order valence-corrected chi connectivity index (χ2v) is 5.46. The van der Waals surface area contributed by atoms with Crippen LogP contribution in [0.25, 0.3) is 10.9 Å². The molecule has 1 aromatic carbocycles. The Morgan fingerprint density at radius 2 is 2.05 bits per heavy atom. The predicted octanol–water partition coefficient (Wildman–Crippen LogP) is 2.44. The van der Waals surface area contributed by atoms with Gasteiger partial charge in [-0.05, 0) is 37.3 Å². The summed E-state index contributed by atoms with van der Waals surface area (Å²) in [6, 6.07) is 9.95. The van der Waals surface area contributed by atoms with E-state index in [0.29, 0.717) is 6.54 Å². The minimum atomic E-state index is -0.294. The highest BCUT2D eigenvalue weighted by Crippen LogP contribution is 2.42. The highest BCUT2D eigenvalue weighted by Gasteiger charge is 2.40. The summed E-state index contributed by atoms with van der Waals surface area (Å²) >= 11 is 0. The first-order chi connectivity index (χ1) is 9.22. The van der Waals surface area contributed by atoms with Gasteiger partial charge in [0.15, 0.2) is 0 Å². The molecule has 1 N–H and O–H groups in total. The van der Waals surface area contributed by atoms with Gasteiger partial charge in [-0.2, -0.15) is 0 Å². The molecule has 2 aromatic rings. The Kier molecular flexibility index (Phi) is 2.94. The molecule has 3 nitrogen and oxygen atoms in total. The number of aliphatic hydroxyl groups is 1. The molecule has 0 bridgehead atoms. The Labute approximate surface area is 112 Å². The molecular formula is C16H19NO2. The van der Waals surface area contributed by atoms with Gasteiger partial charge in [0.05, 0.1) is 12.1 Å². The zero-order valence-corrected chi connectivity index (χ0v) is 11.2. The SMILES string of the molecule is CCn1c(=O)c(C2(CO)CCC2)cc2ccccc21. The lowest BCUT2D eigenvalue weighted by molar-refractivity contribution is 0.118. The number of pyridine rings is 1. The van der Waals surface area contributed by atoms with Gasteiger partial charge in [0, 0.05) is 17.5 Å². The summed E-state index contributed by atoms with van der Waals surface area (Å²) in [6.07, 6.45) is 2.93. The van der Waals surface area contributed by atoms with E-state index in [-0.39, 0.29) is 17.6 Å². The molecular weight excluding hydrogens is 238 g/mol. The summed E-state index contributed by atoms with van der Waals surface area (Å²) in [4.78, 5) is 12.7. The standard InChI is InChI=1S/C16H19NO2/c1-2-17-14-7-4-3-6-12(14)10-13(15(17)19)16(11-18)8-5-9-16/h3-4,6-7,10,18H,2,5,8-9,11H2,1H3. The minimum Gasteiger partial charge on any atom is -0.395 e. The van der Waals surface area contributed by atoms with E-state index in [4.69, 9.17) is 0 Å². The maximum absolute atomic E-state index is 12.7. The number of aryl methyl sites for hydroxylation is 1. The third kappa shape index (κ3) is 1.72. The number of aliphatic hydroxyl groups excluding tert-OH is 1.